The minimum absolute atomic E-state index is 0.268. The molecule has 0 aliphatic carbocycles. The third-order valence-corrected chi connectivity index (χ3v) is 4.22. The second kappa shape index (κ2) is 5.61. The maximum Gasteiger partial charge on any atom is 0.130 e. The Morgan fingerprint density at radius 3 is 2.74 bits per heavy atom. The van der Waals surface area contributed by atoms with E-state index in [0.29, 0.717) is 16.0 Å². The molecule has 0 bridgehead atoms. The first-order valence-corrected chi connectivity index (χ1v) is 6.95. The molecule has 0 fully saturated rings. The molecule has 3 nitrogen and oxygen atoms in total. The van der Waals surface area contributed by atoms with Crippen molar-refractivity contribution in [1.29, 1.82) is 0 Å². The Morgan fingerprint density at radius 1 is 1.53 bits per heavy atom. The first kappa shape index (κ1) is 14.5. The van der Waals surface area contributed by atoms with Crippen LogP contribution in [0, 0.1) is 12.7 Å². The fourth-order valence-electron chi connectivity index (χ4n) is 2.04. The van der Waals surface area contributed by atoms with Gasteiger partial charge in [0.2, 0.25) is 0 Å². The molecule has 1 aromatic carbocycles. The van der Waals surface area contributed by atoms with Crippen molar-refractivity contribution in [3.05, 3.63) is 50.5 Å². The molecule has 2 N–H and O–H groups in total. The maximum absolute atomic E-state index is 13.1. The van der Waals surface area contributed by atoms with Gasteiger partial charge in [0, 0.05) is 23.1 Å². The maximum atomic E-state index is 13.1. The van der Waals surface area contributed by atoms with Gasteiger partial charge in [0.25, 0.3) is 0 Å². The van der Waals surface area contributed by atoms with Crippen molar-refractivity contribution >= 4 is 27.5 Å². The monoisotopic (exact) mass is 345 g/mol. The van der Waals surface area contributed by atoms with Crippen molar-refractivity contribution in [2.24, 2.45) is 12.8 Å². The van der Waals surface area contributed by atoms with E-state index in [1.54, 1.807) is 17.8 Å². The first-order valence-electron chi connectivity index (χ1n) is 5.78. The Hall–Kier alpha value is -0.910. The predicted octanol–water partition coefficient (Wildman–Crippen LogP) is 3.53. The van der Waals surface area contributed by atoms with Crippen molar-refractivity contribution in [2.75, 3.05) is 0 Å². The smallest absolute Gasteiger partial charge is 0.130 e. The van der Waals surface area contributed by atoms with Crippen LogP contribution >= 0.6 is 27.5 Å². The number of hydrogen-bond acceptors (Lipinski definition) is 2. The number of benzene rings is 1. The summed E-state index contributed by atoms with van der Waals surface area (Å²) in [5, 5.41) is 4.84. The Labute approximate surface area is 124 Å². The summed E-state index contributed by atoms with van der Waals surface area (Å²) in [4.78, 5) is 0. The molecule has 0 spiro atoms. The van der Waals surface area contributed by atoms with E-state index in [-0.39, 0.29) is 11.9 Å². The van der Waals surface area contributed by atoms with Crippen molar-refractivity contribution in [2.45, 2.75) is 19.4 Å². The van der Waals surface area contributed by atoms with Crippen molar-refractivity contribution in [3.63, 3.8) is 0 Å². The van der Waals surface area contributed by atoms with E-state index in [4.69, 9.17) is 17.3 Å². The number of nitrogens with two attached hydrogens (primary N) is 1. The molecular formula is C13H14BrClFN3. The zero-order valence-electron chi connectivity index (χ0n) is 10.6. The van der Waals surface area contributed by atoms with E-state index in [2.05, 4.69) is 21.0 Å². The minimum atomic E-state index is -0.293. The zero-order valence-corrected chi connectivity index (χ0v) is 13.0. The van der Waals surface area contributed by atoms with Crippen LogP contribution in [-0.4, -0.2) is 9.78 Å². The summed E-state index contributed by atoms with van der Waals surface area (Å²) in [5.74, 6) is -0.293. The molecule has 0 amide bonds. The molecule has 1 heterocycles. The zero-order chi connectivity index (χ0) is 14.2. The van der Waals surface area contributed by atoms with Gasteiger partial charge in [0.15, 0.2) is 0 Å². The summed E-state index contributed by atoms with van der Waals surface area (Å²) in [7, 11) is 1.79. The number of halogens is 3. The fraction of sp³-hybridized carbons (Fsp3) is 0.308. The molecule has 1 atom stereocenters. The first-order chi connectivity index (χ1) is 8.90. The molecule has 0 radical (unpaired) electrons. The fourth-order valence-corrected chi connectivity index (χ4v) is 2.93. The lowest BCUT2D eigenvalue weighted by atomic mass is 10.0. The van der Waals surface area contributed by atoms with E-state index in [1.165, 1.54) is 12.1 Å². The highest BCUT2D eigenvalue weighted by atomic mass is 79.9. The van der Waals surface area contributed by atoms with E-state index >= 15 is 0 Å². The van der Waals surface area contributed by atoms with Crippen LogP contribution in [-0.2, 0) is 13.5 Å². The van der Waals surface area contributed by atoms with Gasteiger partial charge >= 0.3 is 0 Å². The molecule has 0 aliphatic rings. The average Bonchev–Trinajstić information content (AvgIpc) is 2.56. The number of aromatic nitrogens is 2. The van der Waals surface area contributed by atoms with Crippen LogP contribution in [0.3, 0.4) is 0 Å². The van der Waals surface area contributed by atoms with E-state index in [9.17, 15) is 4.39 Å². The van der Waals surface area contributed by atoms with Crippen LogP contribution < -0.4 is 5.73 Å². The van der Waals surface area contributed by atoms with E-state index < -0.39 is 0 Å². The summed E-state index contributed by atoms with van der Waals surface area (Å²) < 4.78 is 15.4. The largest absolute Gasteiger partial charge is 0.324 e. The van der Waals surface area contributed by atoms with Crippen molar-refractivity contribution in [3.8, 4) is 0 Å². The van der Waals surface area contributed by atoms with E-state index in [1.807, 2.05) is 6.92 Å². The predicted molar refractivity (Wildman–Crippen MR) is 77.7 cm³/mol. The molecule has 6 heteroatoms. The van der Waals surface area contributed by atoms with Crippen LogP contribution in [0.2, 0.25) is 5.15 Å². The third kappa shape index (κ3) is 2.99. The van der Waals surface area contributed by atoms with Gasteiger partial charge < -0.3 is 5.73 Å². The number of hydrogen-bond donors (Lipinski definition) is 1. The summed E-state index contributed by atoms with van der Waals surface area (Å²) in [6, 6.07) is 4.23. The summed E-state index contributed by atoms with van der Waals surface area (Å²) in [5.41, 5.74) is 8.81. The molecule has 19 heavy (non-hydrogen) atoms. The van der Waals surface area contributed by atoms with Crippen LogP contribution in [0.4, 0.5) is 4.39 Å². The minimum Gasteiger partial charge on any atom is -0.324 e. The molecule has 102 valence electrons. The van der Waals surface area contributed by atoms with Gasteiger partial charge in [0.05, 0.1) is 5.69 Å². The molecule has 1 unspecified atom stereocenters. The average molecular weight is 347 g/mol. The van der Waals surface area contributed by atoms with Gasteiger partial charge in [0.1, 0.15) is 11.0 Å². The standard InChI is InChI=1S/C13H14BrClFN3/c1-7-10(13(15)19(2)18-7)6-12(17)9-4-3-8(16)5-11(9)14/h3-5,12H,6,17H2,1-2H3. The molecule has 1 aromatic heterocycles. The number of aryl methyl sites for hydroxylation is 2. The SMILES string of the molecule is Cc1nn(C)c(Cl)c1CC(N)c1ccc(F)cc1Br. The van der Waals surface area contributed by atoms with Gasteiger partial charge in [-0.3, -0.25) is 4.68 Å². The summed E-state index contributed by atoms with van der Waals surface area (Å²) in [6.07, 6.45) is 0.558. The van der Waals surface area contributed by atoms with Gasteiger partial charge in [-0.15, -0.1) is 0 Å². The van der Waals surface area contributed by atoms with Crippen molar-refractivity contribution in [1.82, 2.24) is 9.78 Å². The second-order valence-electron chi connectivity index (χ2n) is 4.45. The quantitative estimate of drug-likeness (QED) is 0.924. The molecular weight excluding hydrogens is 333 g/mol. The van der Waals surface area contributed by atoms with Gasteiger partial charge in [-0.05, 0) is 31.0 Å². The second-order valence-corrected chi connectivity index (χ2v) is 5.67. The lowest BCUT2D eigenvalue weighted by molar-refractivity contribution is 0.623. The molecule has 0 saturated carbocycles. The van der Waals surface area contributed by atoms with Crippen LogP contribution in [0.5, 0.6) is 0 Å². The van der Waals surface area contributed by atoms with Gasteiger partial charge in [-0.25, -0.2) is 4.39 Å². The highest BCUT2D eigenvalue weighted by Crippen LogP contribution is 2.28. The Bertz CT molecular complexity index is 612. The molecule has 0 saturated heterocycles. The molecule has 0 aliphatic heterocycles. The molecule has 2 aromatic rings. The Kier molecular flexibility index (Phi) is 4.28. The topological polar surface area (TPSA) is 43.8 Å². The highest BCUT2D eigenvalue weighted by Gasteiger charge is 2.17. The summed E-state index contributed by atoms with van der Waals surface area (Å²) >= 11 is 9.51. The number of rotatable bonds is 3. The van der Waals surface area contributed by atoms with Gasteiger partial charge in [-0.1, -0.05) is 33.6 Å². The molecule has 2 rings (SSSR count). The number of nitrogens with zero attached hydrogens (tertiary/aromatic N) is 2. The normalized spacial score (nSPS) is 12.7. The van der Waals surface area contributed by atoms with Crippen LogP contribution in [0.25, 0.3) is 0 Å². The summed E-state index contributed by atoms with van der Waals surface area (Å²) in [6.45, 7) is 1.90. The van der Waals surface area contributed by atoms with Crippen LogP contribution in [0.15, 0.2) is 22.7 Å². The third-order valence-electron chi connectivity index (χ3n) is 3.06. The Morgan fingerprint density at radius 2 is 2.21 bits per heavy atom. The van der Waals surface area contributed by atoms with E-state index in [0.717, 1.165) is 16.8 Å². The Balaban J connectivity index is 2.28. The highest BCUT2D eigenvalue weighted by molar-refractivity contribution is 9.10. The lowest BCUT2D eigenvalue weighted by Crippen LogP contribution is -2.14. The van der Waals surface area contributed by atoms with Gasteiger partial charge in [-0.2, -0.15) is 5.10 Å². The van der Waals surface area contributed by atoms with Crippen molar-refractivity contribution < 1.29 is 4.39 Å². The lowest BCUT2D eigenvalue weighted by Gasteiger charge is -2.14. The van der Waals surface area contributed by atoms with Crippen LogP contribution in [0.1, 0.15) is 22.9 Å².